The van der Waals surface area contributed by atoms with Crippen molar-refractivity contribution in [3.05, 3.63) is 12.7 Å². The molecule has 1 N–H and O–H groups in total. The zero-order valence-electron chi connectivity index (χ0n) is 15.8. The molecule has 1 fully saturated rings. The molecule has 27 heavy (non-hydrogen) atoms. The van der Waals surface area contributed by atoms with Crippen molar-refractivity contribution in [1.29, 1.82) is 0 Å². The van der Waals surface area contributed by atoms with Crippen molar-refractivity contribution in [3.63, 3.8) is 0 Å². The van der Waals surface area contributed by atoms with Gasteiger partial charge in [0, 0.05) is 27.7 Å². The van der Waals surface area contributed by atoms with Crippen LogP contribution in [0, 0.1) is 0 Å². The number of hydrogen-bond acceptors (Lipinski definition) is 9. The molecule has 0 spiro atoms. The van der Waals surface area contributed by atoms with Gasteiger partial charge in [-0.25, -0.2) is 0 Å². The van der Waals surface area contributed by atoms with Crippen LogP contribution >= 0.6 is 0 Å². The van der Waals surface area contributed by atoms with Crippen molar-refractivity contribution >= 4 is 23.8 Å². The zero-order chi connectivity index (χ0) is 20.6. The number of rotatable bonds is 8. The molecule has 0 saturated carbocycles. The molecular weight excluding hydrogens is 362 g/mol. The summed E-state index contributed by atoms with van der Waals surface area (Å²) in [5, 5.41) is 2.59. The molecule has 1 aliphatic heterocycles. The predicted molar refractivity (Wildman–Crippen MR) is 90.2 cm³/mol. The monoisotopic (exact) mass is 387 g/mol. The molecule has 1 saturated heterocycles. The van der Waals surface area contributed by atoms with Crippen LogP contribution in [0.15, 0.2) is 12.7 Å². The molecule has 0 radical (unpaired) electrons. The van der Waals surface area contributed by atoms with Crippen LogP contribution in [0.1, 0.15) is 27.7 Å². The largest absolute Gasteiger partial charge is 0.463 e. The highest BCUT2D eigenvalue weighted by atomic mass is 16.7. The average molecular weight is 387 g/mol. The smallest absolute Gasteiger partial charge is 0.303 e. The minimum Gasteiger partial charge on any atom is -0.463 e. The molecule has 0 bridgehead atoms. The Bertz CT molecular complexity index is 577. The van der Waals surface area contributed by atoms with Crippen molar-refractivity contribution in [3.8, 4) is 0 Å². The van der Waals surface area contributed by atoms with Crippen LogP contribution in [-0.4, -0.2) is 67.7 Å². The molecule has 0 aromatic rings. The lowest BCUT2D eigenvalue weighted by Gasteiger charge is -2.44. The maximum absolute atomic E-state index is 11.6. The van der Waals surface area contributed by atoms with Crippen LogP contribution in [0.25, 0.3) is 0 Å². The third-order valence-electron chi connectivity index (χ3n) is 3.45. The highest BCUT2D eigenvalue weighted by Gasteiger charge is 2.51. The van der Waals surface area contributed by atoms with E-state index in [4.69, 9.17) is 23.7 Å². The predicted octanol–water partition coefficient (Wildman–Crippen LogP) is -0.155. The number of carbonyl (C=O) groups excluding carboxylic acids is 4. The summed E-state index contributed by atoms with van der Waals surface area (Å²) in [5.74, 6) is -2.34. The van der Waals surface area contributed by atoms with Gasteiger partial charge in [-0.05, 0) is 0 Å². The van der Waals surface area contributed by atoms with Crippen molar-refractivity contribution in [2.75, 3.05) is 13.2 Å². The summed E-state index contributed by atoms with van der Waals surface area (Å²) in [5.41, 5.74) is 0. The van der Waals surface area contributed by atoms with E-state index in [0.717, 1.165) is 0 Å². The van der Waals surface area contributed by atoms with E-state index in [1.807, 2.05) is 0 Å². The van der Waals surface area contributed by atoms with E-state index >= 15 is 0 Å². The Hall–Kier alpha value is -2.46. The average Bonchev–Trinajstić information content (AvgIpc) is 2.54. The van der Waals surface area contributed by atoms with Gasteiger partial charge in [-0.15, -0.1) is 6.58 Å². The lowest BCUT2D eigenvalue weighted by atomic mass is 9.96. The molecule has 10 heteroatoms. The molecule has 0 aliphatic carbocycles. The molecule has 10 nitrogen and oxygen atoms in total. The van der Waals surface area contributed by atoms with Gasteiger partial charge in [-0.3, -0.25) is 19.2 Å². The lowest BCUT2D eigenvalue weighted by Crippen LogP contribution is -2.66. The minimum atomic E-state index is -1.13. The van der Waals surface area contributed by atoms with E-state index in [0.29, 0.717) is 0 Å². The quantitative estimate of drug-likeness (QED) is 0.343. The normalized spacial score (nSPS) is 27.2. The van der Waals surface area contributed by atoms with E-state index in [2.05, 4.69) is 11.9 Å². The second-order valence-electron chi connectivity index (χ2n) is 5.84. The Morgan fingerprint density at radius 3 is 2.07 bits per heavy atom. The number of nitrogens with one attached hydrogen (secondary N) is 1. The molecule has 0 aromatic carbocycles. The Labute approximate surface area is 157 Å². The molecule has 5 atom stereocenters. The van der Waals surface area contributed by atoms with E-state index in [1.165, 1.54) is 33.8 Å². The summed E-state index contributed by atoms with van der Waals surface area (Å²) in [4.78, 5) is 46.0. The van der Waals surface area contributed by atoms with Gasteiger partial charge in [0.2, 0.25) is 5.91 Å². The number of hydrogen-bond donors (Lipinski definition) is 1. The van der Waals surface area contributed by atoms with E-state index < -0.39 is 54.5 Å². The van der Waals surface area contributed by atoms with Gasteiger partial charge < -0.3 is 29.0 Å². The van der Waals surface area contributed by atoms with E-state index in [1.54, 1.807) is 0 Å². The van der Waals surface area contributed by atoms with Gasteiger partial charge in [0.05, 0.1) is 6.61 Å². The molecule has 0 unspecified atom stereocenters. The third kappa shape index (κ3) is 7.35. The Morgan fingerprint density at radius 2 is 1.59 bits per heavy atom. The number of carbonyl (C=O) groups is 4. The molecule has 1 aliphatic rings. The zero-order valence-corrected chi connectivity index (χ0v) is 15.8. The van der Waals surface area contributed by atoms with Gasteiger partial charge in [-0.1, -0.05) is 6.08 Å². The van der Waals surface area contributed by atoms with Crippen molar-refractivity contribution < 1.29 is 42.9 Å². The van der Waals surface area contributed by atoms with Crippen molar-refractivity contribution in [2.45, 2.75) is 58.3 Å². The summed E-state index contributed by atoms with van der Waals surface area (Å²) < 4.78 is 26.8. The molecule has 0 aromatic heterocycles. The van der Waals surface area contributed by atoms with Crippen LogP contribution in [-0.2, 0) is 42.9 Å². The topological polar surface area (TPSA) is 126 Å². The maximum Gasteiger partial charge on any atom is 0.303 e. The SMILES string of the molecule is C=CCO[C@H]1O[C@@H](COC(C)=O)[C@@H](OC(C)=O)[C@@H](OC(C)=O)[C@@H]1NC(C)=O. The molecule has 152 valence electrons. The number of amides is 1. The molecular formula is C17H25NO9. The Balaban J connectivity index is 3.24. The first-order valence-corrected chi connectivity index (χ1v) is 8.28. The molecule has 1 heterocycles. The maximum atomic E-state index is 11.6. The van der Waals surface area contributed by atoms with E-state index in [9.17, 15) is 19.2 Å². The highest BCUT2D eigenvalue weighted by Crippen LogP contribution is 2.27. The molecule has 1 amide bonds. The fourth-order valence-corrected chi connectivity index (χ4v) is 2.60. The fourth-order valence-electron chi connectivity index (χ4n) is 2.60. The number of esters is 3. The Kier molecular flexibility index (Phi) is 8.89. The minimum absolute atomic E-state index is 0.0755. The van der Waals surface area contributed by atoms with Gasteiger partial charge in [-0.2, -0.15) is 0 Å². The van der Waals surface area contributed by atoms with Gasteiger partial charge in [0.15, 0.2) is 18.5 Å². The fraction of sp³-hybridized carbons (Fsp3) is 0.647. The summed E-state index contributed by atoms with van der Waals surface area (Å²) in [6, 6.07) is -0.968. The van der Waals surface area contributed by atoms with Crippen LogP contribution < -0.4 is 5.32 Å². The molecule has 1 rings (SSSR count). The third-order valence-corrected chi connectivity index (χ3v) is 3.45. The van der Waals surface area contributed by atoms with Crippen molar-refractivity contribution in [2.24, 2.45) is 0 Å². The van der Waals surface area contributed by atoms with Crippen LogP contribution in [0.3, 0.4) is 0 Å². The second kappa shape index (κ2) is 10.6. The first-order valence-electron chi connectivity index (χ1n) is 8.28. The van der Waals surface area contributed by atoms with E-state index in [-0.39, 0.29) is 13.2 Å². The summed E-state index contributed by atoms with van der Waals surface area (Å²) in [6.45, 7) is 8.16. The first kappa shape index (κ1) is 22.6. The van der Waals surface area contributed by atoms with Gasteiger partial charge in [0.1, 0.15) is 18.8 Å². The lowest BCUT2D eigenvalue weighted by molar-refractivity contribution is -0.275. The van der Waals surface area contributed by atoms with Crippen LogP contribution in [0.4, 0.5) is 0 Å². The summed E-state index contributed by atoms with van der Waals surface area (Å²) in [7, 11) is 0. The standard InChI is InChI=1S/C17H25NO9/c1-6-7-23-17-14(18-9(2)19)16(26-12(5)22)15(25-11(4)21)13(27-17)8-24-10(3)20/h6,13-17H,1,7-8H2,2-5H3,(H,18,19)/t13-,14-,15+,16-,17-/m0/s1. The van der Waals surface area contributed by atoms with Gasteiger partial charge >= 0.3 is 17.9 Å². The van der Waals surface area contributed by atoms with Crippen LogP contribution in [0.5, 0.6) is 0 Å². The van der Waals surface area contributed by atoms with Crippen LogP contribution in [0.2, 0.25) is 0 Å². The highest BCUT2D eigenvalue weighted by molar-refractivity contribution is 5.73. The van der Waals surface area contributed by atoms with Crippen molar-refractivity contribution in [1.82, 2.24) is 5.32 Å². The van der Waals surface area contributed by atoms with Gasteiger partial charge in [0.25, 0.3) is 0 Å². The summed E-state index contributed by atoms with van der Waals surface area (Å²) in [6.07, 6.45) is -2.84. The second-order valence-corrected chi connectivity index (χ2v) is 5.84. The number of ether oxygens (including phenoxy) is 5. The summed E-state index contributed by atoms with van der Waals surface area (Å²) >= 11 is 0. The Morgan fingerprint density at radius 1 is 1.00 bits per heavy atom. The first-order chi connectivity index (χ1) is 12.6.